The van der Waals surface area contributed by atoms with E-state index < -0.39 is 41.4 Å². The molecule has 4 N–H and O–H groups in total. The molecule has 0 unspecified atom stereocenters. The molecule has 0 bridgehead atoms. The number of nitrogens with two attached hydrogens (primary N) is 1. The van der Waals surface area contributed by atoms with E-state index >= 15 is 0 Å². The largest absolute Gasteiger partial charge is 0.483 e. The lowest BCUT2D eigenvalue weighted by atomic mass is 10.0. The van der Waals surface area contributed by atoms with Gasteiger partial charge in [0.1, 0.15) is 5.82 Å². The van der Waals surface area contributed by atoms with E-state index in [0.717, 1.165) is 11.6 Å². The number of carboxylic acid groups (broad SMARTS) is 1. The first-order valence-corrected chi connectivity index (χ1v) is 10.5. The second kappa shape index (κ2) is 12.4. The van der Waals surface area contributed by atoms with Crippen LogP contribution >= 0.6 is 0 Å². The Labute approximate surface area is 193 Å². The number of benzene rings is 2. The van der Waals surface area contributed by atoms with E-state index in [2.05, 4.69) is 5.32 Å². The maximum absolute atomic E-state index is 13.8. The number of likely N-dealkylation sites (tertiary alicyclic amines) is 1. The topological polar surface area (TPSA) is 95.7 Å². The second-order valence-corrected chi connectivity index (χ2v) is 8.00. The third kappa shape index (κ3) is 8.38. The SMILES string of the molecule is N[C@@H](CC(=O)N[C@@H](CN1CCC(F)(F)C1)c1ccccc1)Cc1cc(F)c(F)cc1F.O=CO. The maximum atomic E-state index is 13.8. The van der Waals surface area contributed by atoms with Gasteiger partial charge in [-0.3, -0.25) is 14.5 Å². The van der Waals surface area contributed by atoms with Gasteiger partial charge in [-0.1, -0.05) is 30.3 Å². The van der Waals surface area contributed by atoms with E-state index in [-0.39, 0.29) is 50.9 Å². The van der Waals surface area contributed by atoms with Crippen LogP contribution in [0.5, 0.6) is 0 Å². The van der Waals surface area contributed by atoms with Gasteiger partial charge in [-0.25, -0.2) is 22.0 Å². The van der Waals surface area contributed by atoms with Gasteiger partial charge in [0.15, 0.2) is 11.6 Å². The number of rotatable bonds is 8. The highest BCUT2D eigenvalue weighted by Crippen LogP contribution is 2.28. The number of nitrogens with one attached hydrogen (secondary N) is 1. The van der Waals surface area contributed by atoms with Crippen LogP contribution in [0.15, 0.2) is 42.5 Å². The Bertz CT molecular complexity index is 962. The van der Waals surface area contributed by atoms with Crippen LogP contribution in [0.4, 0.5) is 22.0 Å². The number of alkyl halides is 2. The minimum absolute atomic E-state index is 0.127. The van der Waals surface area contributed by atoms with Crippen molar-refractivity contribution < 1.29 is 36.6 Å². The molecule has 0 aliphatic carbocycles. The molecular weight excluding hydrogens is 461 g/mol. The van der Waals surface area contributed by atoms with Crippen LogP contribution < -0.4 is 11.1 Å². The molecular formula is C23H26F5N3O3. The van der Waals surface area contributed by atoms with Crippen LogP contribution in [0.3, 0.4) is 0 Å². The van der Waals surface area contributed by atoms with Crippen LogP contribution in [-0.4, -0.2) is 54.0 Å². The number of nitrogens with zero attached hydrogens (tertiary/aromatic N) is 1. The lowest BCUT2D eigenvalue weighted by Gasteiger charge is -2.25. The fraction of sp³-hybridized carbons (Fsp3) is 0.391. The molecule has 1 fully saturated rings. The quantitative estimate of drug-likeness (QED) is 0.302. The zero-order chi connectivity index (χ0) is 25.3. The number of hydrogen-bond acceptors (Lipinski definition) is 4. The number of hydrogen-bond donors (Lipinski definition) is 3. The van der Waals surface area contributed by atoms with Gasteiger partial charge >= 0.3 is 0 Å². The molecule has 2 aromatic carbocycles. The highest BCUT2D eigenvalue weighted by atomic mass is 19.3. The van der Waals surface area contributed by atoms with Gasteiger partial charge in [-0.2, -0.15) is 0 Å². The van der Waals surface area contributed by atoms with E-state index in [9.17, 15) is 26.7 Å². The Morgan fingerprint density at radius 1 is 1.15 bits per heavy atom. The molecule has 1 heterocycles. The molecule has 186 valence electrons. The molecule has 11 heteroatoms. The molecule has 3 rings (SSSR count). The third-order valence-electron chi connectivity index (χ3n) is 5.25. The molecule has 2 aromatic rings. The molecule has 0 aromatic heterocycles. The summed E-state index contributed by atoms with van der Waals surface area (Å²) < 4.78 is 67.3. The first-order valence-electron chi connectivity index (χ1n) is 10.5. The zero-order valence-electron chi connectivity index (χ0n) is 18.2. The molecule has 6 nitrogen and oxygen atoms in total. The summed E-state index contributed by atoms with van der Waals surface area (Å²) in [4.78, 5) is 22.5. The number of carbonyl (C=O) groups is 2. The van der Waals surface area contributed by atoms with Crippen molar-refractivity contribution in [3.8, 4) is 0 Å². The van der Waals surface area contributed by atoms with Crippen LogP contribution in [-0.2, 0) is 16.0 Å². The summed E-state index contributed by atoms with van der Waals surface area (Å²) in [6, 6.07) is 8.73. The molecule has 0 radical (unpaired) electrons. The number of amides is 1. The molecule has 1 aliphatic rings. The van der Waals surface area contributed by atoms with Crippen molar-refractivity contribution in [2.75, 3.05) is 19.6 Å². The van der Waals surface area contributed by atoms with Crippen LogP contribution in [0, 0.1) is 17.5 Å². The van der Waals surface area contributed by atoms with Gasteiger partial charge < -0.3 is 16.2 Å². The molecule has 2 atom stereocenters. The van der Waals surface area contributed by atoms with E-state index in [0.29, 0.717) is 6.07 Å². The normalized spacial score (nSPS) is 16.8. The van der Waals surface area contributed by atoms with Crippen molar-refractivity contribution in [1.82, 2.24) is 10.2 Å². The summed E-state index contributed by atoms with van der Waals surface area (Å²) in [6.07, 6.45) is -0.587. The molecule has 1 amide bonds. The smallest absolute Gasteiger partial charge is 0.290 e. The molecule has 0 saturated carbocycles. The summed E-state index contributed by atoms with van der Waals surface area (Å²) in [7, 11) is 0. The van der Waals surface area contributed by atoms with Crippen LogP contribution in [0.25, 0.3) is 0 Å². The van der Waals surface area contributed by atoms with E-state index in [4.69, 9.17) is 15.6 Å². The summed E-state index contributed by atoms with van der Waals surface area (Å²) in [6.45, 7) is -0.194. The monoisotopic (exact) mass is 487 g/mol. The standard InChI is InChI=1S/C22H24F5N3O.CH2O2/c23-17-11-19(25)18(24)9-15(17)8-16(28)10-21(31)29-20(14-4-2-1-3-5-14)12-30-7-6-22(26,27)13-30;2-1-3/h1-5,9,11,16,20H,6-8,10,12-13,28H2,(H,29,31);1H,(H,2,3)/t16-,20+;/m1./s1. The van der Waals surface area contributed by atoms with Gasteiger partial charge in [0, 0.05) is 38.0 Å². The summed E-state index contributed by atoms with van der Waals surface area (Å²) in [5.74, 6) is -6.63. The van der Waals surface area contributed by atoms with Gasteiger partial charge in [0.05, 0.1) is 12.6 Å². The van der Waals surface area contributed by atoms with Crippen molar-refractivity contribution in [2.45, 2.75) is 37.3 Å². The van der Waals surface area contributed by atoms with Gasteiger partial charge in [-0.05, 0) is 23.6 Å². The lowest BCUT2D eigenvalue weighted by molar-refractivity contribution is -0.123. The minimum Gasteiger partial charge on any atom is -0.483 e. The number of carbonyl (C=O) groups excluding carboxylic acids is 1. The van der Waals surface area contributed by atoms with Gasteiger partial charge in [0.25, 0.3) is 12.4 Å². The van der Waals surface area contributed by atoms with Crippen molar-refractivity contribution in [2.24, 2.45) is 5.73 Å². The number of halogens is 5. The Morgan fingerprint density at radius 3 is 2.35 bits per heavy atom. The fourth-order valence-electron chi connectivity index (χ4n) is 3.71. The van der Waals surface area contributed by atoms with E-state index in [1.807, 2.05) is 0 Å². The van der Waals surface area contributed by atoms with Gasteiger partial charge in [0.2, 0.25) is 5.91 Å². The first-order chi connectivity index (χ1) is 16.0. The molecule has 34 heavy (non-hydrogen) atoms. The Hall–Kier alpha value is -3.05. The second-order valence-electron chi connectivity index (χ2n) is 8.00. The Balaban J connectivity index is 0.00000129. The predicted molar refractivity (Wildman–Crippen MR) is 115 cm³/mol. The van der Waals surface area contributed by atoms with Crippen LogP contribution in [0.2, 0.25) is 0 Å². The maximum Gasteiger partial charge on any atom is 0.290 e. The fourth-order valence-corrected chi connectivity index (χ4v) is 3.71. The molecule has 0 spiro atoms. The highest BCUT2D eigenvalue weighted by Gasteiger charge is 2.39. The highest BCUT2D eigenvalue weighted by molar-refractivity contribution is 5.77. The van der Waals surface area contributed by atoms with E-state index in [1.54, 1.807) is 35.2 Å². The minimum atomic E-state index is -2.75. The van der Waals surface area contributed by atoms with Crippen LogP contribution in [0.1, 0.15) is 30.0 Å². The first kappa shape index (κ1) is 27.2. The lowest BCUT2D eigenvalue weighted by Crippen LogP contribution is -2.40. The summed E-state index contributed by atoms with van der Waals surface area (Å²) in [5.41, 5.74) is 6.55. The average Bonchev–Trinajstić information content (AvgIpc) is 3.11. The Morgan fingerprint density at radius 2 is 1.76 bits per heavy atom. The third-order valence-corrected chi connectivity index (χ3v) is 5.25. The predicted octanol–water partition coefficient (Wildman–Crippen LogP) is 3.26. The van der Waals surface area contributed by atoms with Crippen molar-refractivity contribution in [1.29, 1.82) is 0 Å². The van der Waals surface area contributed by atoms with Crippen molar-refractivity contribution in [3.05, 3.63) is 71.0 Å². The summed E-state index contributed by atoms with van der Waals surface area (Å²) >= 11 is 0. The van der Waals surface area contributed by atoms with Crippen molar-refractivity contribution in [3.63, 3.8) is 0 Å². The van der Waals surface area contributed by atoms with Gasteiger partial charge in [-0.15, -0.1) is 0 Å². The van der Waals surface area contributed by atoms with E-state index in [1.165, 1.54) is 0 Å². The molecule has 1 saturated heterocycles. The summed E-state index contributed by atoms with van der Waals surface area (Å²) in [5, 5.41) is 9.69. The zero-order valence-corrected chi connectivity index (χ0v) is 18.2. The molecule has 1 aliphatic heterocycles. The Kier molecular flexibility index (Phi) is 9.94. The van der Waals surface area contributed by atoms with Crippen molar-refractivity contribution >= 4 is 12.4 Å². The average molecular weight is 487 g/mol.